The zero-order valence-corrected chi connectivity index (χ0v) is 19.0. The Labute approximate surface area is 184 Å². The van der Waals surface area contributed by atoms with E-state index in [9.17, 15) is 4.79 Å². The first kappa shape index (κ1) is 21.7. The van der Waals surface area contributed by atoms with Crippen LogP contribution in [0.5, 0.6) is 5.75 Å². The lowest BCUT2D eigenvalue weighted by molar-refractivity contribution is 0.0917. The van der Waals surface area contributed by atoms with E-state index in [-0.39, 0.29) is 18.7 Å². The third kappa shape index (κ3) is 5.05. The van der Waals surface area contributed by atoms with Gasteiger partial charge in [0.15, 0.2) is 5.76 Å². The van der Waals surface area contributed by atoms with Crippen LogP contribution in [0.2, 0.25) is 0 Å². The van der Waals surface area contributed by atoms with E-state index in [1.807, 2.05) is 26.1 Å². The lowest BCUT2D eigenvalue weighted by Crippen LogP contribution is -2.35. The fourth-order valence-electron chi connectivity index (χ4n) is 4.75. The molecule has 6 nitrogen and oxygen atoms in total. The molecule has 0 saturated heterocycles. The van der Waals surface area contributed by atoms with Crippen LogP contribution in [-0.4, -0.2) is 35.3 Å². The Hall–Kier alpha value is -2.50. The Bertz CT molecular complexity index is 895. The molecule has 2 aliphatic rings. The largest absolute Gasteiger partial charge is 0.490 e. The Morgan fingerprint density at radius 1 is 1.10 bits per heavy atom. The minimum absolute atomic E-state index is 0.153. The van der Waals surface area contributed by atoms with Gasteiger partial charge in [0, 0.05) is 18.7 Å². The number of amides is 1. The first-order valence-electron chi connectivity index (χ1n) is 11.7. The number of rotatable bonds is 6. The van der Waals surface area contributed by atoms with Gasteiger partial charge in [0.05, 0.1) is 17.4 Å². The highest BCUT2D eigenvalue weighted by Gasteiger charge is 2.25. The fourth-order valence-corrected chi connectivity index (χ4v) is 4.75. The summed E-state index contributed by atoms with van der Waals surface area (Å²) in [5.41, 5.74) is 3.55. The van der Waals surface area contributed by atoms with Gasteiger partial charge < -0.3 is 18.9 Å². The van der Waals surface area contributed by atoms with Crippen molar-refractivity contribution in [1.29, 1.82) is 0 Å². The second-order valence-electron chi connectivity index (χ2n) is 9.04. The van der Waals surface area contributed by atoms with Crippen LogP contribution in [0.3, 0.4) is 0 Å². The highest BCUT2D eigenvalue weighted by atomic mass is 16.6. The molecule has 2 aromatic rings. The van der Waals surface area contributed by atoms with E-state index < -0.39 is 0 Å². The van der Waals surface area contributed by atoms with Crippen molar-refractivity contribution in [2.24, 2.45) is 0 Å². The van der Waals surface area contributed by atoms with Crippen LogP contribution < -0.4 is 4.74 Å². The summed E-state index contributed by atoms with van der Waals surface area (Å²) in [5, 5.41) is 4.13. The summed E-state index contributed by atoms with van der Waals surface area (Å²) in [5.74, 6) is 1.58. The van der Waals surface area contributed by atoms with Gasteiger partial charge in [-0.15, -0.1) is 0 Å². The van der Waals surface area contributed by atoms with Crippen molar-refractivity contribution in [3.8, 4) is 17.1 Å². The van der Waals surface area contributed by atoms with E-state index in [2.05, 4.69) is 18.1 Å². The van der Waals surface area contributed by atoms with Crippen molar-refractivity contribution < 1.29 is 18.8 Å². The summed E-state index contributed by atoms with van der Waals surface area (Å²) in [6.07, 6.45) is 10.6. The zero-order chi connectivity index (χ0) is 21.8. The lowest BCUT2D eigenvalue weighted by atomic mass is 9.97. The Balaban J connectivity index is 1.44. The third-order valence-electron chi connectivity index (χ3n) is 6.77. The fraction of sp³-hybridized carbons (Fsp3) is 0.600. The van der Waals surface area contributed by atoms with E-state index in [0.29, 0.717) is 11.9 Å². The first-order chi connectivity index (χ1) is 15.0. The summed E-state index contributed by atoms with van der Waals surface area (Å²) >= 11 is 0. The van der Waals surface area contributed by atoms with Gasteiger partial charge in [0.1, 0.15) is 12.4 Å². The van der Waals surface area contributed by atoms with Crippen molar-refractivity contribution in [1.82, 2.24) is 10.1 Å². The van der Waals surface area contributed by atoms with Crippen molar-refractivity contribution in [2.75, 3.05) is 7.05 Å². The van der Waals surface area contributed by atoms with Crippen molar-refractivity contribution in [3.63, 3.8) is 0 Å². The topological polar surface area (TPSA) is 64.8 Å². The molecule has 0 unspecified atom stereocenters. The third-order valence-corrected chi connectivity index (χ3v) is 6.77. The van der Waals surface area contributed by atoms with Gasteiger partial charge in [-0.3, -0.25) is 0 Å². The molecule has 2 fully saturated rings. The quantitative estimate of drug-likeness (QED) is 0.552. The number of nitrogens with zero attached hydrogens (tertiary/aromatic N) is 2. The number of aryl methyl sites for hydroxylation is 2. The van der Waals surface area contributed by atoms with Crippen LogP contribution in [-0.2, 0) is 11.3 Å². The molecule has 31 heavy (non-hydrogen) atoms. The summed E-state index contributed by atoms with van der Waals surface area (Å²) < 4.78 is 17.5. The molecule has 2 aliphatic carbocycles. The van der Waals surface area contributed by atoms with Gasteiger partial charge >= 0.3 is 6.09 Å². The molecule has 1 aromatic heterocycles. The number of carbonyl (C=O) groups is 1. The van der Waals surface area contributed by atoms with Crippen LogP contribution in [0, 0.1) is 13.8 Å². The maximum absolute atomic E-state index is 12.5. The molecular weight excluding hydrogens is 392 g/mol. The number of benzene rings is 1. The Morgan fingerprint density at radius 3 is 2.52 bits per heavy atom. The van der Waals surface area contributed by atoms with Crippen LogP contribution >= 0.6 is 0 Å². The van der Waals surface area contributed by atoms with E-state index in [0.717, 1.165) is 53.8 Å². The maximum atomic E-state index is 12.5. The van der Waals surface area contributed by atoms with E-state index >= 15 is 0 Å². The summed E-state index contributed by atoms with van der Waals surface area (Å²) in [7, 11) is 1.83. The van der Waals surface area contributed by atoms with Crippen LogP contribution in [0.25, 0.3) is 11.3 Å². The molecule has 1 amide bonds. The molecule has 2 saturated carbocycles. The number of aromatic nitrogens is 1. The van der Waals surface area contributed by atoms with Gasteiger partial charge in [0.2, 0.25) is 0 Å². The normalized spacial score (nSPS) is 17.6. The molecule has 0 atom stereocenters. The van der Waals surface area contributed by atoms with E-state index in [1.165, 1.54) is 32.1 Å². The van der Waals surface area contributed by atoms with E-state index in [4.69, 9.17) is 14.0 Å². The monoisotopic (exact) mass is 426 g/mol. The average Bonchev–Trinajstić information content (AvgIpc) is 3.44. The van der Waals surface area contributed by atoms with Crippen molar-refractivity contribution >= 4 is 6.09 Å². The van der Waals surface area contributed by atoms with Crippen LogP contribution in [0.15, 0.2) is 22.7 Å². The van der Waals surface area contributed by atoms with Gasteiger partial charge in [-0.1, -0.05) is 24.4 Å². The predicted molar refractivity (Wildman–Crippen MR) is 119 cm³/mol. The van der Waals surface area contributed by atoms with Gasteiger partial charge in [-0.05, 0) is 76.1 Å². The average molecular weight is 427 g/mol. The predicted octanol–water partition coefficient (Wildman–Crippen LogP) is 6.18. The molecule has 1 heterocycles. The van der Waals surface area contributed by atoms with Gasteiger partial charge in [0.25, 0.3) is 0 Å². The number of hydrogen-bond donors (Lipinski definition) is 0. The molecule has 0 aliphatic heterocycles. The minimum atomic E-state index is -0.286. The highest BCUT2D eigenvalue weighted by molar-refractivity contribution is 5.69. The Morgan fingerprint density at radius 2 is 1.81 bits per heavy atom. The Kier molecular flexibility index (Phi) is 6.83. The summed E-state index contributed by atoms with van der Waals surface area (Å²) in [6.45, 7) is 4.09. The lowest BCUT2D eigenvalue weighted by Gasteiger charge is -2.24. The smallest absolute Gasteiger partial charge is 0.410 e. The zero-order valence-electron chi connectivity index (χ0n) is 19.0. The van der Waals surface area contributed by atoms with Crippen molar-refractivity contribution in [3.05, 3.63) is 35.0 Å². The standard InChI is InChI=1S/C25H34N2O4/c1-17-15-19(13-14-23(17)30-21-11-5-4-6-12-21)24-22(18(2)26-31-24)16-29-25(28)27(3)20-9-7-8-10-20/h13-15,20-21H,4-12,16H2,1-3H3. The number of carbonyl (C=O) groups excluding carboxylic acids is 1. The van der Waals surface area contributed by atoms with Gasteiger partial charge in [-0.25, -0.2) is 4.79 Å². The SMILES string of the molecule is Cc1cc(-c2onc(C)c2COC(=O)N(C)C2CCCC2)ccc1OC1CCCCC1. The molecule has 1 aromatic carbocycles. The second kappa shape index (κ2) is 9.75. The number of ether oxygens (including phenoxy) is 2. The molecule has 168 valence electrons. The number of hydrogen-bond acceptors (Lipinski definition) is 5. The summed E-state index contributed by atoms with van der Waals surface area (Å²) in [6, 6.07) is 6.37. The highest BCUT2D eigenvalue weighted by Crippen LogP contribution is 2.32. The van der Waals surface area contributed by atoms with E-state index in [1.54, 1.807) is 4.90 Å². The first-order valence-corrected chi connectivity index (χ1v) is 11.7. The van der Waals surface area contributed by atoms with Crippen LogP contribution in [0.4, 0.5) is 4.79 Å². The molecule has 0 N–H and O–H groups in total. The molecular formula is C25H34N2O4. The molecule has 6 heteroatoms. The summed E-state index contributed by atoms with van der Waals surface area (Å²) in [4.78, 5) is 14.2. The van der Waals surface area contributed by atoms with Crippen LogP contribution in [0.1, 0.15) is 74.6 Å². The van der Waals surface area contributed by atoms with Crippen molar-refractivity contribution in [2.45, 2.75) is 90.4 Å². The van der Waals surface area contributed by atoms with Gasteiger partial charge in [-0.2, -0.15) is 0 Å². The second-order valence-corrected chi connectivity index (χ2v) is 9.04. The molecule has 4 rings (SSSR count). The molecule has 0 spiro atoms. The maximum Gasteiger partial charge on any atom is 0.410 e. The molecule has 0 radical (unpaired) electrons. The minimum Gasteiger partial charge on any atom is -0.490 e. The molecule has 0 bridgehead atoms.